The van der Waals surface area contributed by atoms with Crippen molar-refractivity contribution >= 4 is 126 Å². The number of phenols is 1. The molecule has 19 N–H and O–H groups in total. The van der Waals surface area contributed by atoms with E-state index in [1.54, 1.807) is 13.8 Å². The Hall–Kier alpha value is -7.87. The molecule has 12 atom stereocenters. The monoisotopic (exact) mass is 1420 g/mol. The van der Waals surface area contributed by atoms with Crippen molar-refractivity contribution in [2.24, 2.45) is 23.3 Å². The standard InChI is InChI=1S/C59H87N17O16S4/c1-29(2)8-13-37-53(86)73-42-26-96-94-25-41(51(84)64-21-46(80)67-38(17-31-9-11-33(77)12-10-31)54(87)68-35(52(85)69-37)7-5-6-16-60)72-56(89)43(74-58(91)48(30(3)4)75-47(81)22-63-50(83)36-14-15-45(79)66-36)27-95-93-24-40(49(61)82)71-57(90)44-19-34(78)23-76(44)59(92)39(70-55(42)88)18-32-20-62-28-65-32/h9-12,20,28-30,34-44,48,77-78H,5-8,13-19,21-27,60H2,1-4H3,(H2,61,82)(H,62,65)(H,63,83)(H,64,84)(H,66,79)(H,67,80)(H,68,87)(H,69,85)(H,70,88)(H,71,90)(H,72,89)(H,73,86)(H,74,91)(H,75,81)/t34-,35+,36+,37+,38+,39+,40+,41+,42+,43+,44+,48+/m1/s1. The highest BCUT2D eigenvalue weighted by Crippen LogP contribution is 2.27. The minimum atomic E-state index is -1.60. The number of carbonyl (C=O) groups excluding carboxylic acids is 14. The number of aromatic amines is 1. The van der Waals surface area contributed by atoms with E-state index in [1.165, 1.54) is 36.8 Å². The Labute approximate surface area is 569 Å². The van der Waals surface area contributed by atoms with E-state index in [4.69, 9.17) is 11.5 Å². The minimum Gasteiger partial charge on any atom is -0.508 e. The molecule has 0 spiro atoms. The SMILES string of the molecule is CC(C)CC[C@@H]1NC(=O)[C@H](CCCCN)NC(=O)[C@H](Cc2ccc(O)cc2)NC(=O)CNC(=O)[C@@H]2CSSC[C@H](NC1=O)C(=O)N[C@@H](Cc1cnc[nH]1)C(=O)N1C[C@H](O)C[C@H]1C(=O)N[C@H](C(N)=O)CSSC[C@H](NC(=O)[C@@H](NC(=O)CNC(=O)[C@@H]1CCC(=O)N1)C(C)C)C(=O)N2. The van der Waals surface area contributed by atoms with Crippen molar-refractivity contribution in [2.45, 2.75) is 164 Å². The maximum absolute atomic E-state index is 15.0. The first-order valence-electron chi connectivity index (χ1n) is 31.5. The first kappa shape index (κ1) is 77.1. The second kappa shape index (κ2) is 38.2. The molecule has 4 aliphatic heterocycles. The number of carbonyl (C=O) groups is 14. The van der Waals surface area contributed by atoms with Crippen LogP contribution in [0, 0.1) is 11.8 Å². The molecule has 1 aromatic heterocycles. The number of nitrogens with one attached hydrogen (secondary N) is 13. The number of primary amides is 1. The number of benzene rings is 1. The van der Waals surface area contributed by atoms with Gasteiger partial charge in [-0.2, -0.15) is 0 Å². The predicted octanol–water partition coefficient (Wildman–Crippen LogP) is -4.77. The summed E-state index contributed by atoms with van der Waals surface area (Å²) in [6, 6.07) is -9.84. The topological polar surface area (TPSA) is 508 Å². The summed E-state index contributed by atoms with van der Waals surface area (Å²) >= 11 is 0. The van der Waals surface area contributed by atoms with Crippen LogP contribution in [0.15, 0.2) is 36.8 Å². The number of nitrogens with zero attached hydrogens (tertiary/aromatic N) is 2. The summed E-state index contributed by atoms with van der Waals surface area (Å²) < 4.78 is 0. The van der Waals surface area contributed by atoms with Crippen molar-refractivity contribution in [1.82, 2.24) is 78.7 Å². The number of aromatic nitrogens is 2. The Morgan fingerprint density at radius 2 is 1.32 bits per heavy atom. The lowest BCUT2D eigenvalue weighted by atomic mass is 10.0. The Kier molecular flexibility index (Phi) is 30.7. The van der Waals surface area contributed by atoms with E-state index in [0.29, 0.717) is 30.5 Å². The first-order valence-corrected chi connectivity index (χ1v) is 36.5. The summed E-state index contributed by atoms with van der Waals surface area (Å²) in [6.07, 6.45) is 2.11. The van der Waals surface area contributed by atoms with Gasteiger partial charge in [0.15, 0.2) is 0 Å². The van der Waals surface area contributed by atoms with Crippen molar-refractivity contribution in [2.75, 3.05) is 49.2 Å². The summed E-state index contributed by atoms with van der Waals surface area (Å²) in [5, 5.41) is 52.4. The van der Waals surface area contributed by atoms with Crippen LogP contribution in [0.1, 0.15) is 90.3 Å². The first-order chi connectivity index (χ1) is 45.7. The molecule has 2 bridgehead atoms. The van der Waals surface area contributed by atoms with Crippen LogP contribution in [0.25, 0.3) is 0 Å². The second-order valence-corrected chi connectivity index (χ2v) is 29.4. The molecule has 37 heteroatoms. The van der Waals surface area contributed by atoms with Gasteiger partial charge in [-0.3, -0.25) is 67.1 Å². The van der Waals surface area contributed by atoms with Gasteiger partial charge >= 0.3 is 0 Å². The number of H-pyrrole nitrogens is 1. The molecule has 1 aromatic carbocycles. The van der Waals surface area contributed by atoms with Crippen molar-refractivity contribution < 1.29 is 77.3 Å². The van der Waals surface area contributed by atoms with E-state index in [1.807, 2.05) is 13.8 Å². The highest BCUT2D eigenvalue weighted by Gasteiger charge is 2.44. The van der Waals surface area contributed by atoms with Gasteiger partial charge in [0.05, 0.1) is 25.5 Å². The van der Waals surface area contributed by atoms with Crippen LogP contribution in [0.4, 0.5) is 0 Å². The van der Waals surface area contributed by atoms with Gasteiger partial charge in [-0.1, -0.05) is 83.0 Å². The molecule has 0 aliphatic carbocycles. The summed E-state index contributed by atoms with van der Waals surface area (Å²) in [6.45, 7) is 5.36. The zero-order chi connectivity index (χ0) is 70.2. The van der Waals surface area contributed by atoms with Crippen molar-refractivity contribution in [3.05, 3.63) is 48.0 Å². The number of amides is 14. The largest absolute Gasteiger partial charge is 0.508 e. The van der Waals surface area contributed by atoms with Crippen LogP contribution in [0.3, 0.4) is 0 Å². The molecule has 4 fully saturated rings. The minimum absolute atomic E-state index is 0.00514. The fraction of sp³-hybridized carbons (Fsp3) is 0.610. The summed E-state index contributed by atoms with van der Waals surface area (Å²) in [7, 11) is 3.67. The van der Waals surface area contributed by atoms with Crippen LogP contribution >= 0.6 is 43.2 Å². The Morgan fingerprint density at radius 1 is 0.688 bits per heavy atom. The highest BCUT2D eigenvalue weighted by molar-refractivity contribution is 8.77. The van der Waals surface area contributed by atoms with E-state index in [0.717, 1.165) is 48.1 Å². The molecule has 0 saturated carbocycles. The Bertz CT molecular complexity index is 3100. The van der Waals surface area contributed by atoms with Gasteiger partial charge in [0.2, 0.25) is 82.7 Å². The quantitative estimate of drug-likeness (QED) is 0.0464. The Balaban J connectivity index is 1.41. The normalized spacial score (nSPS) is 26.2. The lowest BCUT2D eigenvalue weighted by Crippen LogP contribution is -2.61. The number of fused-ring (bicyclic) bond motifs is 6. The van der Waals surface area contributed by atoms with Crippen LogP contribution < -0.4 is 75.3 Å². The van der Waals surface area contributed by atoms with Gasteiger partial charge in [-0.15, -0.1) is 0 Å². The zero-order valence-electron chi connectivity index (χ0n) is 53.6. The van der Waals surface area contributed by atoms with E-state index in [-0.39, 0.29) is 92.1 Å². The molecule has 2 aromatic rings. The molecule has 96 heavy (non-hydrogen) atoms. The van der Waals surface area contributed by atoms with Crippen molar-refractivity contribution in [3.8, 4) is 5.75 Å². The number of aliphatic hydroxyl groups is 1. The Morgan fingerprint density at radius 3 is 1.96 bits per heavy atom. The molecular weight excluding hydrogens is 1330 g/mol. The van der Waals surface area contributed by atoms with Gasteiger partial charge in [0, 0.05) is 67.1 Å². The average Bonchev–Trinajstić information content (AvgIpc) is 1.64. The van der Waals surface area contributed by atoms with Gasteiger partial charge in [0.1, 0.15) is 72.2 Å². The highest BCUT2D eigenvalue weighted by atomic mass is 33.1. The third-order valence-electron chi connectivity index (χ3n) is 15.8. The molecule has 33 nitrogen and oxygen atoms in total. The third-order valence-corrected chi connectivity index (χ3v) is 20.7. The number of aliphatic hydroxyl groups excluding tert-OH is 1. The molecule has 14 amide bonds. The predicted molar refractivity (Wildman–Crippen MR) is 356 cm³/mol. The van der Waals surface area contributed by atoms with Gasteiger partial charge in [0.25, 0.3) is 0 Å². The summed E-state index contributed by atoms with van der Waals surface area (Å²) in [5.41, 5.74) is 12.4. The number of phenolic OH excluding ortho intramolecular Hbond substituents is 1. The number of rotatable bonds is 19. The molecule has 6 rings (SSSR count). The second-order valence-electron chi connectivity index (χ2n) is 24.3. The molecule has 0 radical (unpaired) electrons. The maximum Gasteiger partial charge on any atom is 0.246 e. The van der Waals surface area contributed by atoms with Crippen LogP contribution in [-0.4, -0.2) is 230 Å². The van der Waals surface area contributed by atoms with E-state index in [9.17, 15) is 72.5 Å². The van der Waals surface area contributed by atoms with E-state index < -0.39 is 175 Å². The average molecular weight is 1420 g/mol. The maximum atomic E-state index is 15.0. The molecule has 4 saturated heterocycles. The van der Waals surface area contributed by atoms with Crippen molar-refractivity contribution in [3.63, 3.8) is 0 Å². The number of hydrogen-bond donors (Lipinski definition) is 17. The van der Waals surface area contributed by atoms with Crippen LogP contribution in [0.5, 0.6) is 5.75 Å². The van der Waals surface area contributed by atoms with Gasteiger partial charge in [-0.05, 0) is 74.6 Å². The number of hydrogen-bond acceptors (Lipinski definition) is 22. The van der Waals surface area contributed by atoms with Gasteiger partial charge < -0.3 is 95.4 Å². The lowest BCUT2D eigenvalue weighted by Gasteiger charge is -2.31. The van der Waals surface area contributed by atoms with Crippen molar-refractivity contribution in [1.29, 1.82) is 0 Å². The fourth-order valence-corrected chi connectivity index (χ4v) is 15.1. The summed E-state index contributed by atoms with van der Waals surface area (Å²) in [4.78, 5) is 205. The lowest BCUT2D eigenvalue weighted by molar-refractivity contribution is -0.142. The van der Waals surface area contributed by atoms with E-state index in [2.05, 4.69) is 73.8 Å². The van der Waals surface area contributed by atoms with E-state index >= 15 is 4.79 Å². The molecule has 0 unspecified atom stereocenters. The van der Waals surface area contributed by atoms with Gasteiger partial charge in [-0.25, -0.2) is 4.98 Å². The smallest absolute Gasteiger partial charge is 0.246 e. The molecule has 528 valence electrons. The van der Waals surface area contributed by atoms with Crippen LogP contribution in [0.2, 0.25) is 0 Å². The zero-order valence-corrected chi connectivity index (χ0v) is 56.8. The number of aromatic hydroxyl groups is 1. The fourth-order valence-electron chi connectivity index (χ4n) is 10.4. The third kappa shape index (κ3) is 24.3. The van der Waals surface area contributed by atoms with Crippen LogP contribution in [-0.2, 0) is 80.0 Å². The number of imidazole rings is 1. The summed E-state index contributed by atoms with van der Waals surface area (Å²) in [5.74, 6) is -14.0. The number of nitrogens with two attached hydrogens (primary N) is 2. The number of unbranched alkanes of at least 4 members (excludes halogenated alkanes) is 1. The molecule has 4 aliphatic rings. The molecule has 5 heterocycles. The molecular formula is C59H87N17O16S4.